The number of carbonyl (C=O) groups excluding carboxylic acids is 1. The molecule has 1 aliphatic rings. The maximum Gasteiger partial charge on any atom is 0.237 e. The minimum atomic E-state index is -0.200. The zero-order valence-electron chi connectivity index (χ0n) is 13.2. The average Bonchev–Trinajstić information content (AvgIpc) is 3.25. The quantitative estimate of drug-likeness (QED) is 0.856. The molecule has 3 rings (SSSR count). The van der Waals surface area contributed by atoms with Gasteiger partial charge in [0.05, 0.1) is 38.1 Å². The van der Waals surface area contributed by atoms with Gasteiger partial charge in [0.1, 0.15) is 5.76 Å². The van der Waals surface area contributed by atoms with E-state index in [0.29, 0.717) is 19.7 Å². The maximum atomic E-state index is 12.3. The number of morpholine rings is 1. The Kier molecular flexibility index (Phi) is 5.09. The van der Waals surface area contributed by atoms with Crippen LogP contribution in [0.1, 0.15) is 12.7 Å². The average molecular weight is 318 g/mol. The van der Waals surface area contributed by atoms with Crippen molar-refractivity contribution in [2.75, 3.05) is 19.7 Å². The van der Waals surface area contributed by atoms with Gasteiger partial charge in [0.15, 0.2) is 0 Å². The molecule has 3 heterocycles. The minimum Gasteiger partial charge on any atom is -0.467 e. The van der Waals surface area contributed by atoms with Crippen LogP contribution in [0, 0.1) is 0 Å². The predicted molar refractivity (Wildman–Crippen MR) is 83.6 cm³/mol. The molecule has 1 amide bonds. The van der Waals surface area contributed by atoms with E-state index < -0.39 is 0 Å². The molecule has 0 bridgehead atoms. The molecule has 23 heavy (non-hydrogen) atoms. The lowest BCUT2D eigenvalue weighted by Crippen LogP contribution is -2.52. The van der Waals surface area contributed by atoms with E-state index >= 15 is 0 Å². The first-order chi connectivity index (χ1) is 11.2. The van der Waals surface area contributed by atoms with Gasteiger partial charge in [-0.25, -0.2) is 0 Å². The molecular weight excluding hydrogens is 296 g/mol. The third-order valence-corrected chi connectivity index (χ3v) is 4.06. The second kappa shape index (κ2) is 7.43. The molecule has 1 saturated heterocycles. The lowest BCUT2D eigenvalue weighted by molar-refractivity contribution is -0.129. The van der Waals surface area contributed by atoms with Crippen molar-refractivity contribution in [2.24, 2.45) is 0 Å². The van der Waals surface area contributed by atoms with Crippen LogP contribution < -0.4 is 5.32 Å². The lowest BCUT2D eigenvalue weighted by atomic mass is 10.2. The molecule has 0 aromatic carbocycles. The molecule has 2 aromatic heterocycles. The number of amides is 1. The third-order valence-electron chi connectivity index (χ3n) is 4.06. The van der Waals surface area contributed by atoms with Gasteiger partial charge >= 0.3 is 0 Å². The molecule has 124 valence electrons. The van der Waals surface area contributed by atoms with Crippen molar-refractivity contribution >= 4 is 5.91 Å². The Hall–Kier alpha value is -2.12. The van der Waals surface area contributed by atoms with Gasteiger partial charge in [-0.15, -0.1) is 0 Å². The van der Waals surface area contributed by atoms with Crippen LogP contribution in [0.25, 0.3) is 0 Å². The van der Waals surface area contributed by atoms with E-state index in [1.165, 1.54) is 0 Å². The topological polar surface area (TPSA) is 72.5 Å². The molecule has 7 heteroatoms. The van der Waals surface area contributed by atoms with Crippen LogP contribution in [0.3, 0.4) is 0 Å². The zero-order chi connectivity index (χ0) is 16.1. The van der Waals surface area contributed by atoms with Gasteiger partial charge in [-0.05, 0) is 25.1 Å². The van der Waals surface area contributed by atoms with E-state index in [9.17, 15) is 4.79 Å². The molecule has 1 fully saturated rings. The molecule has 0 saturated carbocycles. The fourth-order valence-corrected chi connectivity index (χ4v) is 2.72. The van der Waals surface area contributed by atoms with Crippen molar-refractivity contribution in [3.63, 3.8) is 0 Å². The molecule has 2 unspecified atom stereocenters. The summed E-state index contributed by atoms with van der Waals surface area (Å²) in [7, 11) is 0. The van der Waals surface area contributed by atoms with Gasteiger partial charge in [0, 0.05) is 25.5 Å². The Morgan fingerprint density at radius 3 is 3.17 bits per heavy atom. The first kappa shape index (κ1) is 15.8. The molecule has 7 nitrogen and oxygen atoms in total. The predicted octanol–water partition coefficient (Wildman–Crippen LogP) is 0.882. The van der Waals surface area contributed by atoms with Gasteiger partial charge in [0.2, 0.25) is 5.91 Å². The number of aromatic nitrogens is 2. The second-order valence-corrected chi connectivity index (χ2v) is 5.69. The highest BCUT2D eigenvalue weighted by Crippen LogP contribution is 2.11. The van der Waals surface area contributed by atoms with Crippen LogP contribution >= 0.6 is 0 Å². The Morgan fingerprint density at radius 2 is 2.43 bits per heavy atom. The van der Waals surface area contributed by atoms with E-state index in [1.54, 1.807) is 12.5 Å². The number of hydrogen-bond acceptors (Lipinski definition) is 5. The summed E-state index contributed by atoms with van der Waals surface area (Å²) in [5, 5.41) is 7.11. The van der Waals surface area contributed by atoms with E-state index in [4.69, 9.17) is 9.15 Å². The zero-order valence-corrected chi connectivity index (χ0v) is 13.2. The summed E-state index contributed by atoms with van der Waals surface area (Å²) in [6.45, 7) is 5.14. The Balaban J connectivity index is 1.49. The SMILES string of the molecule is CC(C(=O)NCc1ccco1)N1CCOC(Cn2cccn2)C1. The third kappa shape index (κ3) is 4.20. The number of nitrogens with one attached hydrogen (secondary N) is 1. The summed E-state index contributed by atoms with van der Waals surface area (Å²) in [4.78, 5) is 14.5. The number of carbonyl (C=O) groups is 1. The first-order valence-electron chi connectivity index (χ1n) is 7.85. The van der Waals surface area contributed by atoms with Crippen LogP contribution in [0.5, 0.6) is 0 Å². The number of furan rings is 1. The summed E-state index contributed by atoms with van der Waals surface area (Å²) in [5.41, 5.74) is 0. The summed E-state index contributed by atoms with van der Waals surface area (Å²) in [5.74, 6) is 0.755. The highest BCUT2D eigenvalue weighted by molar-refractivity contribution is 5.81. The van der Waals surface area contributed by atoms with E-state index in [0.717, 1.165) is 18.8 Å². The number of nitrogens with zero attached hydrogens (tertiary/aromatic N) is 3. The number of ether oxygens (including phenoxy) is 1. The van der Waals surface area contributed by atoms with Crippen molar-refractivity contribution in [3.8, 4) is 0 Å². The molecule has 1 N–H and O–H groups in total. The van der Waals surface area contributed by atoms with Crippen molar-refractivity contribution in [1.82, 2.24) is 20.0 Å². The van der Waals surface area contributed by atoms with Crippen LogP contribution in [0.15, 0.2) is 41.3 Å². The fourth-order valence-electron chi connectivity index (χ4n) is 2.72. The van der Waals surface area contributed by atoms with Crippen LogP contribution in [0.4, 0.5) is 0 Å². The molecule has 0 aliphatic carbocycles. The van der Waals surface area contributed by atoms with Crippen molar-refractivity contribution in [1.29, 1.82) is 0 Å². The molecule has 0 spiro atoms. The monoisotopic (exact) mass is 318 g/mol. The molecule has 0 radical (unpaired) electrons. The van der Waals surface area contributed by atoms with Gasteiger partial charge < -0.3 is 14.5 Å². The Labute approximate surface area is 135 Å². The highest BCUT2D eigenvalue weighted by Gasteiger charge is 2.28. The van der Waals surface area contributed by atoms with Gasteiger partial charge in [0.25, 0.3) is 0 Å². The summed E-state index contributed by atoms with van der Waals surface area (Å²) < 4.78 is 12.9. The summed E-state index contributed by atoms with van der Waals surface area (Å²) >= 11 is 0. The molecule has 1 aliphatic heterocycles. The van der Waals surface area contributed by atoms with Crippen LogP contribution in [-0.4, -0.2) is 52.4 Å². The van der Waals surface area contributed by atoms with Crippen molar-refractivity contribution in [2.45, 2.75) is 32.2 Å². The van der Waals surface area contributed by atoms with Crippen molar-refractivity contribution < 1.29 is 13.9 Å². The van der Waals surface area contributed by atoms with Gasteiger partial charge in [-0.1, -0.05) is 0 Å². The number of rotatable bonds is 6. The lowest BCUT2D eigenvalue weighted by Gasteiger charge is -2.36. The minimum absolute atomic E-state index is 0.00105. The fraction of sp³-hybridized carbons (Fsp3) is 0.500. The van der Waals surface area contributed by atoms with E-state index in [1.807, 2.05) is 36.0 Å². The van der Waals surface area contributed by atoms with E-state index in [-0.39, 0.29) is 18.1 Å². The molecular formula is C16H22N4O3. The highest BCUT2D eigenvalue weighted by atomic mass is 16.5. The first-order valence-corrected chi connectivity index (χ1v) is 7.85. The summed E-state index contributed by atoms with van der Waals surface area (Å²) in [6.07, 6.45) is 5.32. The largest absolute Gasteiger partial charge is 0.467 e. The van der Waals surface area contributed by atoms with Gasteiger partial charge in [-0.2, -0.15) is 5.10 Å². The van der Waals surface area contributed by atoms with E-state index in [2.05, 4.69) is 15.3 Å². The molecule has 2 atom stereocenters. The summed E-state index contributed by atoms with van der Waals surface area (Å²) in [6, 6.07) is 5.35. The second-order valence-electron chi connectivity index (χ2n) is 5.69. The van der Waals surface area contributed by atoms with Crippen molar-refractivity contribution in [3.05, 3.63) is 42.6 Å². The van der Waals surface area contributed by atoms with Gasteiger partial charge in [-0.3, -0.25) is 14.4 Å². The molecule has 2 aromatic rings. The smallest absolute Gasteiger partial charge is 0.237 e. The Bertz CT molecular complexity index is 597. The normalized spacial score (nSPS) is 20.3. The Morgan fingerprint density at radius 1 is 1.52 bits per heavy atom. The standard InChI is InChI=1S/C16H22N4O3/c1-13(16(21)17-10-14-4-2-8-22-14)19-7-9-23-15(11-19)12-20-6-3-5-18-20/h2-6,8,13,15H,7,9-12H2,1H3,(H,17,21). The van der Waals surface area contributed by atoms with Crippen LogP contribution in [0.2, 0.25) is 0 Å². The maximum absolute atomic E-state index is 12.3. The number of hydrogen-bond donors (Lipinski definition) is 1. The van der Waals surface area contributed by atoms with Crippen LogP contribution in [-0.2, 0) is 22.6 Å².